The number of carbonyl (C=O) groups is 2. The van der Waals surface area contributed by atoms with Gasteiger partial charge < -0.3 is 16.4 Å². The second kappa shape index (κ2) is 5.69. The Bertz CT molecular complexity index is 326. The van der Waals surface area contributed by atoms with Crippen molar-refractivity contribution in [3.8, 4) is 0 Å². The van der Waals surface area contributed by atoms with E-state index < -0.39 is 18.0 Å². The van der Waals surface area contributed by atoms with Crippen LogP contribution in [0.3, 0.4) is 0 Å². The van der Waals surface area contributed by atoms with Crippen LogP contribution in [0, 0.1) is 5.92 Å². The molecule has 2 rings (SSSR count). The molecule has 0 spiro atoms. The van der Waals surface area contributed by atoms with Gasteiger partial charge in [-0.25, -0.2) is 0 Å². The lowest BCUT2D eigenvalue weighted by atomic mass is 9.83. The van der Waals surface area contributed by atoms with Crippen molar-refractivity contribution >= 4 is 11.8 Å². The van der Waals surface area contributed by atoms with Crippen LogP contribution in [0.25, 0.3) is 0 Å². The van der Waals surface area contributed by atoms with Gasteiger partial charge in [-0.1, -0.05) is 19.3 Å². The number of primary amides is 1. The Kier molecular flexibility index (Phi) is 4.22. The molecule has 2 fully saturated rings. The van der Waals surface area contributed by atoms with Crippen LogP contribution < -0.4 is 11.5 Å². The first-order chi connectivity index (χ1) is 8.61. The van der Waals surface area contributed by atoms with E-state index in [1.165, 1.54) is 6.42 Å². The molecule has 2 aliphatic rings. The molecule has 2 amide bonds. The van der Waals surface area contributed by atoms with Gasteiger partial charge in [0.25, 0.3) is 0 Å². The highest BCUT2D eigenvalue weighted by atomic mass is 16.2. The van der Waals surface area contributed by atoms with Crippen molar-refractivity contribution in [2.75, 3.05) is 6.54 Å². The smallest absolute Gasteiger partial charge is 0.240 e. The van der Waals surface area contributed by atoms with Crippen molar-refractivity contribution in [3.05, 3.63) is 0 Å². The average molecular weight is 253 g/mol. The summed E-state index contributed by atoms with van der Waals surface area (Å²) in [4.78, 5) is 25.3. The van der Waals surface area contributed by atoms with Gasteiger partial charge in [0.1, 0.15) is 6.04 Å². The molecule has 5 heteroatoms. The molecule has 1 saturated carbocycles. The van der Waals surface area contributed by atoms with E-state index in [1.54, 1.807) is 4.90 Å². The molecule has 4 N–H and O–H groups in total. The highest BCUT2D eigenvalue weighted by Gasteiger charge is 2.37. The molecule has 1 aliphatic heterocycles. The molecule has 1 aliphatic carbocycles. The predicted molar refractivity (Wildman–Crippen MR) is 68.5 cm³/mol. The molecule has 2 atom stereocenters. The van der Waals surface area contributed by atoms with Gasteiger partial charge in [0.2, 0.25) is 11.8 Å². The van der Waals surface area contributed by atoms with E-state index in [4.69, 9.17) is 11.5 Å². The monoisotopic (exact) mass is 253 g/mol. The fourth-order valence-corrected chi connectivity index (χ4v) is 3.21. The van der Waals surface area contributed by atoms with Crippen LogP contribution in [0.4, 0.5) is 0 Å². The van der Waals surface area contributed by atoms with Crippen LogP contribution in [-0.4, -0.2) is 35.3 Å². The minimum atomic E-state index is -0.453. The van der Waals surface area contributed by atoms with Gasteiger partial charge in [0.05, 0.1) is 6.04 Å². The van der Waals surface area contributed by atoms with E-state index in [0.29, 0.717) is 13.0 Å². The Balaban J connectivity index is 1.99. The van der Waals surface area contributed by atoms with Crippen molar-refractivity contribution < 1.29 is 9.59 Å². The molecule has 0 aromatic rings. The van der Waals surface area contributed by atoms with E-state index in [9.17, 15) is 9.59 Å². The molecular weight excluding hydrogens is 230 g/mol. The molecular formula is C13H23N3O2. The maximum absolute atomic E-state index is 12.4. The number of rotatable bonds is 3. The molecule has 1 heterocycles. The predicted octanol–water partition coefficient (Wildman–Crippen LogP) is 0.370. The molecule has 5 nitrogen and oxygen atoms in total. The number of hydrogen-bond donors (Lipinski definition) is 2. The van der Waals surface area contributed by atoms with Crippen molar-refractivity contribution in [2.45, 2.75) is 57.0 Å². The lowest BCUT2D eigenvalue weighted by Crippen LogP contribution is -2.52. The summed E-state index contributed by atoms with van der Waals surface area (Å²) >= 11 is 0. The van der Waals surface area contributed by atoms with Gasteiger partial charge in [-0.05, 0) is 31.6 Å². The SMILES string of the molecule is NC(=O)[C@@H]1CCCN1C(=O)[C@@H](N)C1CCCCC1. The molecule has 0 aromatic heterocycles. The lowest BCUT2D eigenvalue weighted by Gasteiger charge is -2.31. The Morgan fingerprint density at radius 3 is 2.33 bits per heavy atom. The van der Waals surface area contributed by atoms with Gasteiger partial charge in [-0.15, -0.1) is 0 Å². The van der Waals surface area contributed by atoms with Crippen molar-refractivity contribution in [3.63, 3.8) is 0 Å². The topological polar surface area (TPSA) is 89.4 Å². The molecule has 0 unspecified atom stereocenters. The van der Waals surface area contributed by atoms with E-state index in [2.05, 4.69) is 0 Å². The summed E-state index contributed by atoms with van der Waals surface area (Å²) in [5, 5.41) is 0. The zero-order valence-corrected chi connectivity index (χ0v) is 10.8. The maximum atomic E-state index is 12.4. The summed E-state index contributed by atoms with van der Waals surface area (Å²) in [6.07, 6.45) is 7.14. The van der Waals surface area contributed by atoms with Crippen molar-refractivity contribution in [1.82, 2.24) is 4.90 Å². The minimum absolute atomic E-state index is 0.0804. The van der Waals surface area contributed by atoms with Gasteiger partial charge in [-0.2, -0.15) is 0 Å². The average Bonchev–Trinajstić information content (AvgIpc) is 2.87. The van der Waals surface area contributed by atoms with Gasteiger partial charge in [-0.3, -0.25) is 9.59 Å². The number of likely N-dealkylation sites (tertiary alicyclic amines) is 1. The van der Waals surface area contributed by atoms with E-state index in [0.717, 1.165) is 32.1 Å². The molecule has 0 aromatic carbocycles. The third-order valence-corrected chi connectivity index (χ3v) is 4.31. The van der Waals surface area contributed by atoms with Crippen LogP contribution >= 0.6 is 0 Å². The summed E-state index contributed by atoms with van der Waals surface area (Å²) in [6.45, 7) is 0.618. The number of carbonyl (C=O) groups excluding carboxylic acids is 2. The quantitative estimate of drug-likeness (QED) is 0.761. The number of nitrogens with zero attached hydrogens (tertiary/aromatic N) is 1. The highest BCUT2D eigenvalue weighted by Crippen LogP contribution is 2.28. The minimum Gasteiger partial charge on any atom is -0.368 e. The normalized spacial score (nSPS) is 27.2. The summed E-state index contributed by atoms with van der Waals surface area (Å²) in [5.74, 6) is -0.208. The maximum Gasteiger partial charge on any atom is 0.240 e. The molecule has 1 saturated heterocycles. The second-order valence-electron chi connectivity index (χ2n) is 5.52. The Morgan fingerprint density at radius 2 is 1.72 bits per heavy atom. The summed E-state index contributed by atoms with van der Waals surface area (Å²) in [6, 6.07) is -0.891. The van der Waals surface area contributed by atoms with E-state index in [-0.39, 0.29) is 11.8 Å². The van der Waals surface area contributed by atoms with Gasteiger partial charge in [0.15, 0.2) is 0 Å². The highest BCUT2D eigenvalue weighted by molar-refractivity contribution is 5.89. The number of nitrogens with two attached hydrogens (primary N) is 2. The summed E-state index contributed by atoms with van der Waals surface area (Å²) < 4.78 is 0. The van der Waals surface area contributed by atoms with Crippen LogP contribution in [-0.2, 0) is 9.59 Å². The van der Waals surface area contributed by atoms with Gasteiger partial charge >= 0.3 is 0 Å². The molecule has 102 valence electrons. The first-order valence-electron chi connectivity index (χ1n) is 6.96. The van der Waals surface area contributed by atoms with E-state index >= 15 is 0 Å². The third-order valence-electron chi connectivity index (χ3n) is 4.31. The first-order valence-corrected chi connectivity index (χ1v) is 6.96. The van der Waals surface area contributed by atoms with Crippen LogP contribution in [0.1, 0.15) is 44.9 Å². The zero-order valence-electron chi connectivity index (χ0n) is 10.8. The first kappa shape index (κ1) is 13.3. The van der Waals surface area contributed by atoms with Crippen LogP contribution in [0.5, 0.6) is 0 Å². The fraction of sp³-hybridized carbons (Fsp3) is 0.846. The van der Waals surface area contributed by atoms with Crippen molar-refractivity contribution in [1.29, 1.82) is 0 Å². The Labute approximate surface area is 108 Å². The molecule has 0 radical (unpaired) electrons. The summed E-state index contributed by atoms with van der Waals surface area (Å²) in [5.41, 5.74) is 11.4. The Morgan fingerprint density at radius 1 is 1.06 bits per heavy atom. The third kappa shape index (κ3) is 2.66. The Hall–Kier alpha value is -1.10. The van der Waals surface area contributed by atoms with Crippen LogP contribution in [0.2, 0.25) is 0 Å². The zero-order chi connectivity index (χ0) is 13.1. The van der Waals surface area contributed by atoms with E-state index in [1.807, 2.05) is 0 Å². The van der Waals surface area contributed by atoms with Crippen molar-refractivity contribution in [2.24, 2.45) is 17.4 Å². The lowest BCUT2D eigenvalue weighted by molar-refractivity contribution is -0.139. The second-order valence-corrected chi connectivity index (χ2v) is 5.52. The standard InChI is InChI=1S/C13H23N3O2/c14-11(9-5-2-1-3-6-9)13(18)16-8-4-7-10(16)12(15)17/h9-11H,1-8,14H2,(H2,15,17)/t10-,11-/m0/s1. The summed E-state index contributed by atoms with van der Waals surface area (Å²) in [7, 11) is 0. The largest absolute Gasteiger partial charge is 0.368 e. The van der Waals surface area contributed by atoms with Gasteiger partial charge in [0, 0.05) is 6.54 Å². The fourth-order valence-electron chi connectivity index (χ4n) is 3.21. The molecule has 0 bridgehead atoms. The number of amides is 2. The molecule has 18 heavy (non-hydrogen) atoms. The van der Waals surface area contributed by atoms with Crippen LogP contribution in [0.15, 0.2) is 0 Å². The number of hydrogen-bond acceptors (Lipinski definition) is 3.